The van der Waals surface area contributed by atoms with Gasteiger partial charge in [-0.25, -0.2) is 15.0 Å². The van der Waals surface area contributed by atoms with Crippen molar-refractivity contribution in [1.82, 2.24) is 19.5 Å². The first kappa shape index (κ1) is 32.4. The Morgan fingerprint density at radius 2 is 0.948 bits per heavy atom. The molecule has 5 nitrogen and oxygen atoms in total. The molecule has 0 aliphatic carbocycles. The minimum Gasteiger partial charge on any atom is -0.454 e. The first-order valence-electron chi connectivity index (χ1n) is 19.5. The Bertz CT molecular complexity index is 3560. The van der Waals surface area contributed by atoms with Crippen molar-refractivity contribution in [3.63, 3.8) is 0 Å². The molecule has 0 bridgehead atoms. The summed E-state index contributed by atoms with van der Waals surface area (Å²) in [7, 11) is 0. The summed E-state index contributed by atoms with van der Waals surface area (Å²) in [6.07, 6.45) is 0. The molecule has 0 saturated heterocycles. The molecule has 3 heterocycles. The minimum atomic E-state index is 0.582. The maximum absolute atomic E-state index is 6.88. The van der Waals surface area contributed by atoms with Crippen LogP contribution >= 0.6 is 0 Å². The number of para-hydroxylation sites is 2. The predicted octanol–water partition coefficient (Wildman–Crippen LogP) is 13.8. The molecule has 270 valence electrons. The van der Waals surface area contributed by atoms with E-state index < -0.39 is 0 Å². The fourth-order valence-electron chi connectivity index (χ4n) is 8.79. The van der Waals surface area contributed by atoms with E-state index in [4.69, 9.17) is 19.4 Å². The highest BCUT2D eigenvalue weighted by Gasteiger charge is 2.23. The summed E-state index contributed by atoms with van der Waals surface area (Å²) in [4.78, 5) is 15.5. The second-order valence-corrected chi connectivity index (χ2v) is 14.7. The first-order chi connectivity index (χ1) is 28.8. The third kappa shape index (κ3) is 5.00. The first-order valence-corrected chi connectivity index (χ1v) is 19.5. The second-order valence-electron chi connectivity index (χ2n) is 14.7. The topological polar surface area (TPSA) is 56.7 Å². The molecule has 12 rings (SSSR count). The zero-order valence-electron chi connectivity index (χ0n) is 31.2. The molecule has 58 heavy (non-hydrogen) atoms. The maximum Gasteiger partial charge on any atom is 0.164 e. The van der Waals surface area contributed by atoms with Crippen LogP contribution in [0.2, 0.25) is 0 Å². The van der Waals surface area contributed by atoms with Crippen molar-refractivity contribution in [2.75, 3.05) is 0 Å². The van der Waals surface area contributed by atoms with Crippen LogP contribution in [0.3, 0.4) is 0 Å². The molecule has 0 spiro atoms. The fraction of sp³-hybridized carbons (Fsp3) is 0. The van der Waals surface area contributed by atoms with Gasteiger partial charge in [0.25, 0.3) is 0 Å². The fourth-order valence-corrected chi connectivity index (χ4v) is 8.79. The van der Waals surface area contributed by atoms with E-state index in [0.717, 1.165) is 60.9 Å². The summed E-state index contributed by atoms with van der Waals surface area (Å²) in [6, 6.07) is 67.9. The van der Waals surface area contributed by atoms with E-state index in [1.54, 1.807) is 0 Å². The Labute approximate surface area is 333 Å². The number of aromatic nitrogens is 4. The highest BCUT2D eigenvalue weighted by atomic mass is 16.3. The molecule has 0 fully saturated rings. The summed E-state index contributed by atoms with van der Waals surface area (Å²) in [6.45, 7) is 0. The second kappa shape index (κ2) is 12.8. The monoisotopic (exact) mass is 740 g/mol. The van der Waals surface area contributed by atoms with Crippen LogP contribution in [0.15, 0.2) is 199 Å². The van der Waals surface area contributed by atoms with Crippen LogP contribution in [0.1, 0.15) is 0 Å². The van der Waals surface area contributed by atoms with Gasteiger partial charge in [0.05, 0.1) is 16.7 Å². The Hall–Kier alpha value is -7.89. The van der Waals surface area contributed by atoms with Crippen LogP contribution in [0.4, 0.5) is 0 Å². The van der Waals surface area contributed by atoms with Crippen LogP contribution in [-0.2, 0) is 0 Å². The van der Waals surface area contributed by atoms with Gasteiger partial charge in [0.2, 0.25) is 0 Å². The van der Waals surface area contributed by atoms with Gasteiger partial charge in [0.1, 0.15) is 5.58 Å². The van der Waals surface area contributed by atoms with Crippen LogP contribution in [0, 0.1) is 0 Å². The van der Waals surface area contributed by atoms with Crippen molar-refractivity contribution in [2.45, 2.75) is 0 Å². The van der Waals surface area contributed by atoms with Gasteiger partial charge >= 0.3 is 0 Å². The lowest BCUT2D eigenvalue weighted by Gasteiger charge is -2.13. The van der Waals surface area contributed by atoms with Crippen LogP contribution < -0.4 is 0 Å². The number of hydrogen-bond acceptors (Lipinski definition) is 4. The summed E-state index contributed by atoms with van der Waals surface area (Å²) in [5, 5.41) is 9.27. The summed E-state index contributed by atoms with van der Waals surface area (Å²) < 4.78 is 9.22. The van der Waals surface area contributed by atoms with Crippen molar-refractivity contribution < 1.29 is 4.42 Å². The molecule has 0 aliphatic heterocycles. The predicted molar refractivity (Wildman–Crippen MR) is 238 cm³/mol. The van der Waals surface area contributed by atoms with Gasteiger partial charge in [0, 0.05) is 38.2 Å². The summed E-state index contributed by atoms with van der Waals surface area (Å²) in [5.41, 5.74) is 9.81. The summed E-state index contributed by atoms with van der Waals surface area (Å²) in [5.74, 6) is 1.80. The lowest BCUT2D eigenvalue weighted by Crippen LogP contribution is -2.01. The van der Waals surface area contributed by atoms with Crippen molar-refractivity contribution in [1.29, 1.82) is 0 Å². The standard InChI is InChI=1S/C53H32N4O/c1-2-15-36(16-3-1)51-54-52(37-27-25-35(26-28-37)39-22-12-17-33-13-4-6-18-38(33)39)56-53(55-51)43-30-32-46(50-49(43)42-21-9-11-24-47(42)58-50)57-44-23-10-8-20-41(44)48-40-19-7-5-14-34(40)29-31-45(48)57/h1-32H. The highest BCUT2D eigenvalue weighted by Crippen LogP contribution is 2.43. The van der Waals surface area contributed by atoms with E-state index >= 15 is 0 Å². The van der Waals surface area contributed by atoms with Crippen LogP contribution in [-0.4, -0.2) is 19.5 Å². The molecule has 9 aromatic carbocycles. The lowest BCUT2D eigenvalue weighted by molar-refractivity contribution is 0.666. The van der Waals surface area contributed by atoms with E-state index in [-0.39, 0.29) is 0 Å². The van der Waals surface area contributed by atoms with Crippen molar-refractivity contribution >= 4 is 65.3 Å². The Balaban J connectivity index is 1.08. The molecule has 0 unspecified atom stereocenters. The molecule has 0 radical (unpaired) electrons. The number of benzene rings is 9. The molecule has 0 aliphatic rings. The zero-order valence-corrected chi connectivity index (χ0v) is 31.2. The largest absolute Gasteiger partial charge is 0.454 e. The minimum absolute atomic E-state index is 0.582. The van der Waals surface area contributed by atoms with E-state index in [2.05, 4.69) is 156 Å². The Kier molecular flexibility index (Phi) is 7.16. The van der Waals surface area contributed by atoms with Gasteiger partial charge in [0.15, 0.2) is 23.1 Å². The lowest BCUT2D eigenvalue weighted by atomic mass is 9.97. The molecule has 0 amide bonds. The average molecular weight is 741 g/mol. The van der Waals surface area contributed by atoms with Gasteiger partial charge in [-0.15, -0.1) is 0 Å². The molecular formula is C53H32N4O. The molecule has 0 saturated carbocycles. The van der Waals surface area contributed by atoms with Crippen molar-refractivity contribution in [3.05, 3.63) is 194 Å². The highest BCUT2D eigenvalue weighted by molar-refractivity contribution is 6.22. The van der Waals surface area contributed by atoms with E-state index in [1.165, 1.54) is 37.9 Å². The van der Waals surface area contributed by atoms with Gasteiger partial charge in [-0.1, -0.05) is 164 Å². The molecule has 0 N–H and O–H groups in total. The van der Waals surface area contributed by atoms with Crippen LogP contribution in [0.5, 0.6) is 0 Å². The van der Waals surface area contributed by atoms with E-state index in [0.29, 0.717) is 17.5 Å². The maximum atomic E-state index is 6.88. The molecule has 5 heteroatoms. The molecular weight excluding hydrogens is 709 g/mol. The van der Waals surface area contributed by atoms with Gasteiger partial charge in [-0.2, -0.15) is 0 Å². The molecule has 0 atom stereocenters. The third-order valence-corrected chi connectivity index (χ3v) is 11.5. The zero-order chi connectivity index (χ0) is 38.2. The van der Waals surface area contributed by atoms with E-state index in [9.17, 15) is 0 Å². The number of hydrogen-bond donors (Lipinski definition) is 0. The van der Waals surface area contributed by atoms with E-state index in [1.807, 2.05) is 42.5 Å². The number of furan rings is 1. The van der Waals surface area contributed by atoms with Gasteiger partial charge in [-0.05, 0) is 63.0 Å². The smallest absolute Gasteiger partial charge is 0.164 e. The van der Waals surface area contributed by atoms with Gasteiger partial charge in [-0.3, -0.25) is 0 Å². The number of rotatable bonds is 5. The third-order valence-electron chi connectivity index (χ3n) is 11.5. The summed E-state index contributed by atoms with van der Waals surface area (Å²) >= 11 is 0. The normalized spacial score (nSPS) is 11.8. The quantitative estimate of drug-likeness (QED) is 0.176. The Morgan fingerprint density at radius 1 is 0.345 bits per heavy atom. The van der Waals surface area contributed by atoms with Crippen LogP contribution in [0.25, 0.3) is 116 Å². The number of nitrogens with zero attached hydrogens (tertiary/aromatic N) is 4. The van der Waals surface area contributed by atoms with Gasteiger partial charge < -0.3 is 8.98 Å². The Morgan fingerprint density at radius 3 is 1.76 bits per heavy atom. The molecule has 3 aromatic heterocycles. The van der Waals surface area contributed by atoms with Crippen molar-refractivity contribution in [3.8, 4) is 51.0 Å². The average Bonchev–Trinajstić information content (AvgIpc) is 3.86. The van der Waals surface area contributed by atoms with Crippen molar-refractivity contribution in [2.24, 2.45) is 0 Å². The number of fused-ring (bicyclic) bond motifs is 9. The SMILES string of the molecule is c1ccc(-c2nc(-c3ccc(-c4cccc5ccccc45)cc3)nc(-c3ccc(-n4c5ccccc5c5c6ccccc6ccc54)c4oc5ccccc5c34)n2)cc1. The molecule has 12 aromatic rings.